The van der Waals surface area contributed by atoms with Crippen molar-refractivity contribution in [2.24, 2.45) is 5.73 Å². The number of hydrogen-bond acceptors (Lipinski definition) is 5. The second-order valence-electron chi connectivity index (χ2n) is 3.73. The van der Waals surface area contributed by atoms with Gasteiger partial charge in [-0.05, 0) is 19.1 Å². The molecular formula is C11H12BrN3O2. The fourth-order valence-electron chi connectivity index (χ4n) is 1.32. The van der Waals surface area contributed by atoms with Crippen LogP contribution < -0.4 is 5.73 Å². The number of hydrogen-bond donors (Lipinski definition) is 2. The van der Waals surface area contributed by atoms with Crippen molar-refractivity contribution in [1.82, 2.24) is 10.1 Å². The number of nitrogens with zero attached hydrogens (tertiary/aromatic N) is 2. The second kappa shape index (κ2) is 4.95. The molecule has 0 saturated heterocycles. The topological polar surface area (TPSA) is 85.2 Å². The highest BCUT2D eigenvalue weighted by molar-refractivity contribution is 9.10. The highest BCUT2D eigenvalue weighted by atomic mass is 79.9. The maximum Gasteiger partial charge on any atom is 0.246 e. The van der Waals surface area contributed by atoms with Crippen LogP contribution in [0.4, 0.5) is 0 Å². The van der Waals surface area contributed by atoms with Crippen LogP contribution in [0.1, 0.15) is 18.9 Å². The molecule has 0 bridgehead atoms. The maximum absolute atomic E-state index is 9.34. The van der Waals surface area contributed by atoms with Gasteiger partial charge in [0.25, 0.3) is 0 Å². The zero-order valence-electron chi connectivity index (χ0n) is 9.17. The first kappa shape index (κ1) is 12.2. The van der Waals surface area contributed by atoms with Crippen molar-refractivity contribution in [1.29, 1.82) is 0 Å². The van der Waals surface area contributed by atoms with E-state index in [1.54, 1.807) is 6.92 Å². The summed E-state index contributed by atoms with van der Waals surface area (Å²) >= 11 is 3.37. The molecule has 6 heteroatoms. The first-order valence-corrected chi connectivity index (χ1v) is 5.90. The minimum atomic E-state index is -0.731. The van der Waals surface area contributed by atoms with Crippen molar-refractivity contribution in [2.45, 2.75) is 19.1 Å². The van der Waals surface area contributed by atoms with Crippen LogP contribution in [-0.2, 0) is 0 Å². The molecule has 17 heavy (non-hydrogen) atoms. The van der Waals surface area contributed by atoms with E-state index < -0.39 is 12.1 Å². The monoisotopic (exact) mass is 297 g/mol. The van der Waals surface area contributed by atoms with Gasteiger partial charge in [-0.1, -0.05) is 33.2 Å². The van der Waals surface area contributed by atoms with Crippen molar-refractivity contribution in [2.75, 3.05) is 0 Å². The standard InChI is InChI=1S/C11H12BrN3O2/c1-6(16)9(13)11-14-10(15-17-11)7-3-2-4-8(12)5-7/h2-6,9,16H,13H2,1H3/t6-,9+/m1/s1. The summed E-state index contributed by atoms with van der Waals surface area (Å²) in [5.74, 6) is 0.687. The number of aromatic nitrogens is 2. The molecule has 0 spiro atoms. The van der Waals surface area contributed by atoms with Gasteiger partial charge in [-0.15, -0.1) is 0 Å². The van der Waals surface area contributed by atoms with E-state index in [-0.39, 0.29) is 5.89 Å². The van der Waals surface area contributed by atoms with Gasteiger partial charge in [0, 0.05) is 10.0 Å². The van der Waals surface area contributed by atoms with Gasteiger partial charge in [-0.3, -0.25) is 0 Å². The smallest absolute Gasteiger partial charge is 0.246 e. The van der Waals surface area contributed by atoms with Crippen molar-refractivity contribution in [3.63, 3.8) is 0 Å². The number of aliphatic hydroxyl groups excluding tert-OH is 1. The van der Waals surface area contributed by atoms with E-state index in [4.69, 9.17) is 10.3 Å². The summed E-state index contributed by atoms with van der Waals surface area (Å²) in [6.07, 6.45) is -0.731. The molecule has 1 aromatic carbocycles. The van der Waals surface area contributed by atoms with Crippen LogP contribution in [0, 0.1) is 0 Å². The fourth-order valence-corrected chi connectivity index (χ4v) is 1.72. The molecule has 0 amide bonds. The number of aliphatic hydroxyl groups is 1. The molecule has 0 fully saturated rings. The zero-order valence-corrected chi connectivity index (χ0v) is 10.8. The quantitative estimate of drug-likeness (QED) is 0.903. The summed E-state index contributed by atoms with van der Waals surface area (Å²) in [6.45, 7) is 1.58. The third kappa shape index (κ3) is 2.71. The Hall–Kier alpha value is -1.24. The molecule has 5 nitrogen and oxygen atoms in total. The van der Waals surface area contributed by atoms with Gasteiger partial charge in [0.05, 0.1) is 6.10 Å². The highest BCUT2D eigenvalue weighted by Crippen LogP contribution is 2.22. The molecule has 2 atom stereocenters. The molecule has 2 aromatic rings. The lowest BCUT2D eigenvalue weighted by molar-refractivity contribution is 0.146. The van der Waals surface area contributed by atoms with E-state index >= 15 is 0 Å². The van der Waals surface area contributed by atoms with Gasteiger partial charge >= 0.3 is 0 Å². The van der Waals surface area contributed by atoms with E-state index in [1.165, 1.54) is 0 Å². The molecule has 1 heterocycles. The van der Waals surface area contributed by atoms with Crippen molar-refractivity contribution < 1.29 is 9.63 Å². The first-order chi connectivity index (χ1) is 8.08. The van der Waals surface area contributed by atoms with E-state index in [1.807, 2.05) is 24.3 Å². The summed E-state index contributed by atoms with van der Waals surface area (Å²) in [7, 11) is 0. The zero-order chi connectivity index (χ0) is 12.4. The Balaban J connectivity index is 2.30. The van der Waals surface area contributed by atoms with Crippen molar-refractivity contribution in [3.8, 4) is 11.4 Å². The predicted molar refractivity (Wildman–Crippen MR) is 66.0 cm³/mol. The summed E-state index contributed by atoms with van der Waals surface area (Å²) in [5.41, 5.74) is 6.53. The largest absolute Gasteiger partial charge is 0.391 e. The third-order valence-corrected chi connectivity index (χ3v) is 2.82. The van der Waals surface area contributed by atoms with Gasteiger partial charge in [0.2, 0.25) is 11.7 Å². The number of rotatable bonds is 3. The van der Waals surface area contributed by atoms with Crippen molar-refractivity contribution in [3.05, 3.63) is 34.6 Å². The minimum absolute atomic E-state index is 0.231. The van der Waals surface area contributed by atoms with E-state index in [2.05, 4.69) is 26.1 Å². The number of nitrogens with two attached hydrogens (primary N) is 1. The summed E-state index contributed by atoms with van der Waals surface area (Å²) < 4.78 is 5.95. The van der Waals surface area contributed by atoms with Crippen LogP contribution in [0.2, 0.25) is 0 Å². The summed E-state index contributed by atoms with van der Waals surface area (Å²) in [4.78, 5) is 4.16. The molecule has 0 unspecified atom stereocenters. The molecule has 90 valence electrons. The van der Waals surface area contributed by atoms with Crippen LogP contribution in [0.15, 0.2) is 33.3 Å². The second-order valence-corrected chi connectivity index (χ2v) is 4.65. The Kier molecular flexibility index (Phi) is 3.56. The molecule has 0 aliphatic carbocycles. The Morgan fingerprint density at radius 1 is 1.47 bits per heavy atom. The third-order valence-electron chi connectivity index (χ3n) is 2.33. The Morgan fingerprint density at radius 2 is 2.24 bits per heavy atom. The Bertz CT molecular complexity index is 513. The first-order valence-electron chi connectivity index (χ1n) is 5.11. The predicted octanol–water partition coefficient (Wildman–Crippen LogP) is 1.88. The normalized spacial score (nSPS) is 14.6. The Labute approximate surface area is 107 Å². The van der Waals surface area contributed by atoms with E-state index in [9.17, 15) is 5.11 Å². The van der Waals surface area contributed by atoms with Gasteiger partial charge < -0.3 is 15.4 Å². The van der Waals surface area contributed by atoms with Crippen LogP contribution in [0.5, 0.6) is 0 Å². The highest BCUT2D eigenvalue weighted by Gasteiger charge is 2.19. The molecule has 1 aromatic heterocycles. The molecule has 0 saturated carbocycles. The van der Waals surface area contributed by atoms with Crippen LogP contribution >= 0.6 is 15.9 Å². The summed E-state index contributed by atoms with van der Waals surface area (Å²) in [5, 5.41) is 13.2. The van der Waals surface area contributed by atoms with Gasteiger partial charge in [0.1, 0.15) is 6.04 Å². The van der Waals surface area contributed by atoms with Gasteiger partial charge in [-0.2, -0.15) is 4.98 Å². The van der Waals surface area contributed by atoms with Gasteiger partial charge in [0.15, 0.2) is 0 Å². The number of halogens is 1. The average molecular weight is 298 g/mol. The fraction of sp³-hybridized carbons (Fsp3) is 0.273. The molecular weight excluding hydrogens is 286 g/mol. The molecule has 0 aliphatic heterocycles. The number of benzene rings is 1. The Morgan fingerprint density at radius 3 is 2.88 bits per heavy atom. The molecule has 3 N–H and O–H groups in total. The summed E-state index contributed by atoms with van der Waals surface area (Å²) in [6, 6.07) is 6.87. The molecule has 0 aliphatic rings. The van der Waals surface area contributed by atoms with E-state index in [0.717, 1.165) is 10.0 Å². The lowest BCUT2D eigenvalue weighted by Gasteiger charge is -2.08. The van der Waals surface area contributed by atoms with E-state index in [0.29, 0.717) is 5.82 Å². The molecule has 2 rings (SSSR count). The lowest BCUT2D eigenvalue weighted by atomic mass is 10.2. The lowest BCUT2D eigenvalue weighted by Crippen LogP contribution is -2.23. The average Bonchev–Trinajstić information content (AvgIpc) is 2.77. The maximum atomic E-state index is 9.34. The molecule has 0 radical (unpaired) electrons. The van der Waals surface area contributed by atoms with Crippen LogP contribution in [0.25, 0.3) is 11.4 Å². The van der Waals surface area contributed by atoms with Crippen molar-refractivity contribution >= 4 is 15.9 Å². The van der Waals surface area contributed by atoms with Crippen LogP contribution in [0.3, 0.4) is 0 Å². The van der Waals surface area contributed by atoms with Gasteiger partial charge in [-0.25, -0.2) is 0 Å². The minimum Gasteiger partial charge on any atom is -0.391 e. The van der Waals surface area contributed by atoms with Crippen LogP contribution in [-0.4, -0.2) is 21.4 Å². The SMILES string of the molecule is C[C@@H](O)[C@H](N)c1nc(-c2cccc(Br)c2)no1.